The van der Waals surface area contributed by atoms with Crippen LogP contribution in [0.2, 0.25) is 0 Å². The van der Waals surface area contributed by atoms with Gasteiger partial charge in [0, 0.05) is 0 Å². The van der Waals surface area contributed by atoms with Crippen LogP contribution in [0.4, 0.5) is 13.2 Å². The summed E-state index contributed by atoms with van der Waals surface area (Å²) in [5.74, 6) is 0.690. The minimum Gasteiger partial charge on any atom is -0.492 e. The fraction of sp³-hybridized carbons (Fsp3) is 0.800. The Bertz CT molecular complexity index is 198. The Morgan fingerprint density at radius 3 is 2.43 bits per heavy atom. The van der Waals surface area contributed by atoms with Crippen molar-refractivity contribution < 1.29 is 17.9 Å². The van der Waals surface area contributed by atoms with Crippen molar-refractivity contribution in [2.24, 2.45) is 5.92 Å². The molecule has 0 aromatic heterocycles. The summed E-state index contributed by atoms with van der Waals surface area (Å²) in [7, 11) is 0. The van der Waals surface area contributed by atoms with Gasteiger partial charge in [0.15, 0.2) is 6.61 Å². The quantitative estimate of drug-likeness (QED) is 0.629. The molecule has 1 saturated carbocycles. The smallest absolute Gasteiger partial charge is 0.422 e. The summed E-state index contributed by atoms with van der Waals surface area (Å²) in [5.41, 5.74) is 1.01. The number of hydrogen-bond acceptors (Lipinski definition) is 1. The Morgan fingerprint density at radius 2 is 1.93 bits per heavy atom. The van der Waals surface area contributed by atoms with E-state index in [2.05, 4.69) is 11.7 Å². The van der Waals surface area contributed by atoms with Crippen LogP contribution in [0.25, 0.3) is 0 Å². The Hall–Kier alpha value is -0.670. The zero-order chi connectivity index (χ0) is 10.6. The third-order valence-electron chi connectivity index (χ3n) is 2.41. The maximum Gasteiger partial charge on any atom is 0.422 e. The first kappa shape index (κ1) is 11.4. The zero-order valence-electron chi connectivity index (χ0n) is 8.23. The number of rotatable bonds is 2. The molecule has 0 heterocycles. The highest BCUT2D eigenvalue weighted by Crippen LogP contribution is 2.27. The van der Waals surface area contributed by atoms with Gasteiger partial charge in [0.05, 0.1) is 6.26 Å². The van der Waals surface area contributed by atoms with Gasteiger partial charge in [-0.25, -0.2) is 0 Å². The molecule has 0 amide bonds. The van der Waals surface area contributed by atoms with Crippen LogP contribution in [0.15, 0.2) is 11.8 Å². The number of ether oxygens (including phenoxy) is 1. The zero-order valence-corrected chi connectivity index (χ0v) is 8.23. The van der Waals surface area contributed by atoms with Gasteiger partial charge in [-0.1, -0.05) is 6.92 Å². The van der Waals surface area contributed by atoms with E-state index in [0.717, 1.165) is 31.3 Å². The fourth-order valence-corrected chi connectivity index (χ4v) is 1.50. The molecule has 4 heteroatoms. The van der Waals surface area contributed by atoms with Gasteiger partial charge in [-0.2, -0.15) is 13.2 Å². The van der Waals surface area contributed by atoms with E-state index in [1.165, 1.54) is 6.26 Å². The maximum atomic E-state index is 11.7. The van der Waals surface area contributed by atoms with Crippen LogP contribution >= 0.6 is 0 Å². The van der Waals surface area contributed by atoms with Crippen molar-refractivity contribution in [2.45, 2.75) is 38.8 Å². The van der Waals surface area contributed by atoms with Gasteiger partial charge in [0.25, 0.3) is 0 Å². The maximum absolute atomic E-state index is 11.7. The summed E-state index contributed by atoms with van der Waals surface area (Å²) in [5, 5.41) is 0. The number of hydrogen-bond donors (Lipinski definition) is 0. The van der Waals surface area contributed by atoms with E-state index in [4.69, 9.17) is 0 Å². The van der Waals surface area contributed by atoms with Crippen LogP contribution in [0.3, 0.4) is 0 Å². The minimum absolute atomic E-state index is 0.690. The minimum atomic E-state index is -4.22. The monoisotopic (exact) mass is 208 g/mol. The first-order valence-corrected chi connectivity index (χ1v) is 4.83. The van der Waals surface area contributed by atoms with E-state index < -0.39 is 12.8 Å². The van der Waals surface area contributed by atoms with Crippen LogP contribution in [0, 0.1) is 5.92 Å². The van der Waals surface area contributed by atoms with Gasteiger partial charge in [-0.15, -0.1) is 0 Å². The molecule has 1 nitrogen and oxygen atoms in total. The van der Waals surface area contributed by atoms with E-state index >= 15 is 0 Å². The normalized spacial score (nSPS) is 23.4. The first-order chi connectivity index (χ1) is 6.47. The molecular weight excluding hydrogens is 193 g/mol. The second-order valence-corrected chi connectivity index (χ2v) is 3.88. The van der Waals surface area contributed by atoms with Gasteiger partial charge in [-0.3, -0.25) is 0 Å². The summed E-state index contributed by atoms with van der Waals surface area (Å²) in [6.07, 6.45) is 0.929. The van der Waals surface area contributed by atoms with E-state index in [1.54, 1.807) is 0 Å². The number of allylic oxidation sites excluding steroid dienone is 1. The third-order valence-corrected chi connectivity index (χ3v) is 2.41. The van der Waals surface area contributed by atoms with Crippen molar-refractivity contribution in [3.63, 3.8) is 0 Å². The molecule has 0 saturated heterocycles. The lowest BCUT2D eigenvalue weighted by molar-refractivity contribution is -0.161. The molecule has 0 N–H and O–H groups in total. The number of alkyl halides is 3. The summed E-state index contributed by atoms with van der Waals surface area (Å²) >= 11 is 0. The highest BCUT2D eigenvalue weighted by Gasteiger charge is 2.27. The average Bonchev–Trinajstić information content (AvgIpc) is 2.06. The SMILES string of the molecule is CC1CCC(=COCC(F)(F)F)CC1. The molecule has 0 atom stereocenters. The van der Waals surface area contributed by atoms with E-state index in [9.17, 15) is 13.2 Å². The fourth-order valence-electron chi connectivity index (χ4n) is 1.50. The Labute approximate surface area is 81.9 Å². The third kappa shape index (κ3) is 4.53. The van der Waals surface area contributed by atoms with Crippen molar-refractivity contribution in [2.75, 3.05) is 6.61 Å². The molecule has 1 aliphatic carbocycles. The Kier molecular flexibility index (Phi) is 3.84. The summed E-state index contributed by atoms with van der Waals surface area (Å²) < 4.78 is 39.6. The molecule has 0 aromatic carbocycles. The standard InChI is InChI=1S/C10H15F3O/c1-8-2-4-9(5-3-8)6-14-7-10(11,12)13/h6,8H,2-5,7H2,1H3. The highest BCUT2D eigenvalue weighted by molar-refractivity contribution is 5.01. The van der Waals surface area contributed by atoms with Gasteiger partial charge >= 0.3 is 6.18 Å². The van der Waals surface area contributed by atoms with Crippen molar-refractivity contribution in [1.82, 2.24) is 0 Å². The van der Waals surface area contributed by atoms with E-state index in [-0.39, 0.29) is 0 Å². The molecule has 0 aromatic rings. The van der Waals surface area contributed by atoms with Gasteiger partial charge in [-0.05, 0) is 37.2 Å². The number of halogens is 3. The van der Waals surface area contributed by atoms with Crippen LogP contribution in [-0.2, 0) is 4.74 Å². The molecule has 1 rings (SSSR count). The first-order valence-electron chi connectivity index (χ1n) is 4.83. The summed E-state index contributed by atoms with van der Waals surface area (Å²) in [4.78, 5) is 0. The average molecular weight is 208 g/mol. The predicted octanol–water partition coefficient (Wildman–Crippen LogP) is 3.66. The van der Waals surface area contributed by atoms with Crippen LogP contribution in [-0.4, -0.2) is 12.8 Å². The van der Waals surface area contributed by atoms with Gasteiger partial charge in [0.2, 0.25) is 0 Å². The van der Waals surface area contributed by atoms with Crippen molar-refractivity contribution in [1.29, 1.82) is 0 Å². The molecule has 0 aliphatic heterocycles. The lowest BCUT2D eigenvalue weighted by atomic mass is 9.88. The molecule has 82 valence electrons. The van der Waals surface area contributed by atoms with Gasteiger partial charge < -0.3 is 4.74 Å². The Morgan fingerprint density at radius 1 is 1.36 bits per heavy atom. The van der Waals surface area contributed by atoms with Crippen LogP contribution in [0.5, 0.6) is 0 Å². The molecule has 1 aliphatic rings. The molecule has 0 radical (unpaired) electrons. The predicted molar refractivity (Wildman–Crippen MR) is 47.7 cm³/mol. The van der Waals surface area contributed by atoms with Crippen LogP contribution in [0.1, 0.15) is 32.6 Å². The molecule has 0 unspecified atom stereocenters. The van der Waals surface area contributed by atoms with Crippen LogP contribution < -0.4 is 0 Å². The van der Waals surface area contributed by atoms with E-state index in [1.807, 2.05) is 0 Å². The topological polar surface area (TPSA) is 9.23 Å². The van der Waals surface area contributed by atoms with Crippen molar-refractivity contribution in [3.05, 3.63) is 11.8 Å². The molecule has 1 fully saturated rings. The summed E-state index contributed by atoms with van der Waals surface area (Å²) in [6, 6.07) is 0. The molecular formula is C10H15F3O. The summed E-state index contributed by atoms with van der Waals surface area (Å²) in [6.45, 7) is 0.986. The molecule has 0 spiro atoms. The Balaban J connectivity index is 2.25. The van der Waals surface area contributed by atoms with Crippen molar-refractivity contribution in [3.8, 4) is 0 Å². The largest absolute Gasteiger partial charge is 0.492 e. The lowest BCUT2D eigenvalue weighted by Crippen LogP contribution is -2.15. The highest BCUT2D eigenvalue weighted by atomic mass is 19.4. The van der Waals surface area contributed by atoms with E-state index in [0.29, 0.717) is 5.92 Å². The second-order valence-electron chi connectivity index (χ2n) is 3.88. The second kappa shape index (κ2) is 4.71. The van der Waals surface area contributed by atoms with Gasteiger partial charge in [0.1, 0.15) is 0 Å². The molecule has 14 heavy (non-hydrogen) atoms. The molecule has 0 bridgehead atoms. The van der Waals surface area contributed by atoms with Crippen molar-refractivity contribution >= 4 is 0 Å². The lowest BCUT2D eigenvalue weighted by Gasteiger charge is -2.19.